The van der Waals surface area contributed by atoms with Gasteiger partial charge >= 0.3 is 0 Å². The number of ether oxygens (including phenoxy) is 1. The van der Waals surface area contributed by atoms with Crippen molar-refractivity contribution in [2.45, 2.75) is 84.3 Å². The van der Waals surface area contributed by atoms with Crippen molar-refractivity contribution >= 4 is 0 Å². The number of unbranched alkanes of at least 4 members (excludes halogenated alkanes) is 3. The zero-order chi connectivity index (χ0) is 17.4. The number of benzene rings is 1. The molecule has 0 aromatic heterocycles. The van der Waals surface area contributed by atoms with Crippen molar-refractivity contribution in [1.82, 2.24) is 0 Å². The van der Waals surface area contributed by atoms with Gasteiger partial charge in [0.1, 0.15) is 0 Å². The molecule has 3 fully saturated rings. The van der Waals surface area contributed by atoms with Crippen molar-refractivity contribution in [3.63, 3.8) is 0 Å². The summed E-state index contributed by atoms with van der Waals surface area (Å²) in [5.74, 6) is 3.37. The van der Waals surface area contributed by atoms with E-state index in [4.69, 9.17) is 4.74 Å². The van der Waals surface area contributed by atoms with Crippen LogP contribution in [-0.2, 0) is 11.2 Å². The van der Waals surface area contributed by atoms with Crippen LogP contribution in [0.4, 0.5) is 0 Å². The van der Waals surface area contributed by atoms with Crippen LogP contribution in [-0.4, -0.2) is 12.2 Å². The Morgan fingerprint density at radius 2 is 1.80 bits per heavy atom. The largest absolute Gasteiger partial charge is 0.369 e. The average molecular weight is 341 g/mol. The Morgan fingerprint density at radius 3 is 2.56 bits per heavy atom. The molecule has 2 bridgehead atoms. The van der Waals surface area contributed by atoms with Crippen LogP contribution in [0.3, 0.4) is 0 Å². The summed E-state index contributed by atoms with van der Waals surface area (Å²) in [4.78, 5) is 0. The number of hydrogen-bond donors (Lipinski definition) is 0. The van der Waals surface area contributed by atoms with E-state index in [1.807, 2.05) is 0 Å². The monoisotopic (exact) mass is 340 g/mol. The molecule has 1 aromatic rings. The number of epoxide rings is 1. The smallest absolute Gasteiger partial charge is 0.0878 e. The average Bonchev–Trinajstić information content (AvgIpc) is 3.24. The van der Waals surface area contributed by atoms with Gasteiger partial charge in [0.25, 0.3) is 0 Å². The Balaban J connectivity index is 1.36. The van der Waals surface area contributed by atoms with Gasteiger partial charge in [0.05, 0.1) is 12.2 Å². The molecule has 138 valence electrons. The highest BCUT2D eigenvalue weighted by Gasteiger charge is 2.70. The normalized spacial score (nSPS) is 38.3. The zero-order valence-electron chi connectivity index (χ0n) is 16.4. The summed E-state index contributed by atoms with van der Waals surface area (Å²) in [6.07, 6.45) is 12.5. The first-order valence-electron chi connectivity index (χ1n) is 10.8. The van der Waals surface area contributed by atoms with E-state index in [-0.39, 0.29) is 0 Å². The molecule has 0 amide bonds. The van der Waals surface area contributed by atoms with Crippen LogP contribution in [0, 0.1) is 29.1 Å². The molecular formula is C24H36O. The molecule has 2 saturated carbocycles. The molecule has 3 aliphatic rings. The molecule has 6 unspecified atom stereocenters. The van der Waals surface area contributed by atoms with Crippen LogP contribution in [0.2, 0.25) is 0 Å². The van der Waals surface area contributed by atoms with Crippen molar-refractivity contribution in [1.29, 1.82) is 0 Å². The Hall–Kier alpha value is -0.820. The number of rotatable bonds is 9. The second-order valence-corrected chi connectivity index (χ2v) is 9.72. The SMILES string of the molecule is CC(C)CCCCCCC1(C)C(Cc2ccccc2)C2CC1C1OC21. The minimum absolute atomic E-state index is 0.510. The van der Waals surface area contributed by atoms with Crippen LogP contribution in [0.15, 0.2) is 30.3 Å². The Kier molecular flexibility index (Phi) is 4.97. The summed E-state index contributed by atoms with van der Waals surface area (Å²) < 4.78 is 6.07. The highest BCUT2D eigenvalue weighted by Crippen LogP contribution is 2.68. The quantitative estimate of drug-likeness (QED) is 0.381. The topological polar surface area (TPSA) is 12.5 Å². The molecule has 0 radical (unpaired) electrons. The fourth-order valence-electron chi connectivity index (χ4n) is 6.20. The van der Waals surface area contributed by atoms with Crippen LogP contribution in [0.25, 0.3) is 0 Å². The maximum Gasteiger partial charge on any atom is 0.0878 e. The maximum absolute atomic E-state index is 6.07. The van der Waals surface area contributed by atoms with Gasteiger partial charge < -0.3 is 4.74 Å². The van der Waals surface area contributed by atoms with Crippen molar-refractivity contribution in [3.05, 3.63) is 35.9 Å². The third-order valence-electron chi connectivity index (χ3n) is 7.66. The molecule has 1 nitrogen and oxygen atoms in total. The third-order valence-corrected chi connectivity index (χ3v) is 7.66. The van der Waals surface area contributed by atoms with Crippen molar-refractivity contribution in [2.24, 2.45) is 29.1 Å². The van der Waals surface area contributed by atoms with E-state index < -0.39 is 0 Å². The van der Waals surface area contributed by atoms with Gasteiger partial charge in [-0.1, -0.05) is 83.2 Å². The van der Waals surface area contributed by atoms with Gasteiger partial charge in [-0.25, -0.2) is 0 Å². The van der Waals surface area contributed by atoms with E-state index in [2.05, 4.69) is 51.1 Å². The van der Waals surface area contributed by atoms with E-state index in [1.54, 1.807) is 0 Å². The number of fused-ring (bicyclic) bond motifs is 5. The van der Waals surface area contributed by atoms with Crippen LogP contribution < -0.4 is 0 Å². The second kappa shape index (κ2) is 7.06. The van der Waals surface area contributed by atoms with Crippen molar-refractivity contribution in [2.75, 3.05) is 0 Å². The Morgan fingerprint density at radius 1 is 1.04 bits per heavy atom. The van der Waals surface area contributed by atoms with Gasteiger partial charge in [-0.3, -0.25) is 0 Å². The van der Waals surface area contributed by atoms with Gasteiger partial charge in [0.2, 0.25) is 0 Å². The van der Waals surface area contributed by atoms with Gasteiger partial charge in [-0.15, -0.1) is 0 Å². The molecule has 25 heavy (non-hydrogen) atoms. The van der Waals surface area contributed by atoms with Gasteiger partial charge in [-0.05, 0) is 53.9 Å². The summed E-state index contributed by atoms with van der Waals surface area (Å²) in [5.41, 5.74) is 2.04. The first-order chi connectivity index (χ1) is 12.1. The lowest BCUT2D eigenvalue weighted by Gasteiger charge is -2.40. The van der Waals surface area contributed by atoms with Crippen LogP contribution >= 0.6 is 0 Å². The van der Waals surface area contributed by atoms with Gasteiger partial charge in [0.15, 0.2) is 0 Å². The first kappa shape index (κ1) is 17.6. The molecule has 2 aliphatic carbocycles. The minimum atomic E-state index is 0.510. The van der Waals surface area contributed by atoms with Crippen LogP contribution in [0.1, 0.15) is 71.3 Å². The molecule has 0 N–H and O–H groups in total. The van der Waals surface area contributed by atoms with E-state index in [9.17, 15) is 0 Å². The standard InChI is InChI=1S/C24H36O/c1-17(2)11-7-4-5-10-14-24(3)20(15-18-12-8-6-9-13-18)19-16-21(24)23-22(19)25-23/h6,8-9,12-13,17,19-23H,4-5,7,10-11,14-16H2,1-3H3. The molecular weight excluding hydrogens is 304 g/mol. The summed E-state index contributed by atoms with van der Waals surface area (Å²) >= 11 is 0. The fourth-order valence-corrected chi connectivity index (χ4v) is 6.20. The lowest BCUT2D eigenvalue weighted by molar-refractivity contribution is 0.0991. The minimum Gasteiger partial charge on any atom is -0.369 e. The van der Waals surface area contributed by atoms with E-state index >= 15 is 0 Å². The summed E-state index contributed by atoms with van der Waals surface area (Å²) in [7, 11) is 0. The van der Waals surface area contributed by atoms with Crippen LogP contribution in [0.5, 0.6) is 0 Å². The molecule has 1 aliphatic heterocycles. The van der Waals surface area contributed by atoms with Crippen molar-refractivity contribution in [3.8, 4) is 0 Å². The molecule has 1 aromatic carbocycles. The van der Waals surface area contributed by atoms with E-state index in [1.165, 1.54) is 56.9 Å². The molecule has 1 saturated heterocycles. The predicted molar refractivity (Wildman–Crippen MR) is 105 cm³/mol. The van der Waals surface area contributed by atoms with Gasteiger partial charge in [0, 0.05) is 0 Å². The molecule has 1 heterocycles. The Bertz CT molecular complexity index is 565. The Labute approximate surface area is 154 Å². The molecule has 4 rings (SSSR count). The summed E-state index contributed by atoms with van der Waals surface area (Å²) in [6.45, 7) is 7.30. The molecule has 0 spiro atoms. The van der Waals surface area contributed by atoms with E-state index in [0.717, 1.165) is 23.7 Å². The first-order valence-corrected chi connectivity index (χ1v) is 10.8. The third kappa shape index (κ3) is 3.42. The summed E-state index contributed by atoms with van der Waals surface area (Å²) in [6, 6.07) is 11.2. The zero-order valence-corrected chi connectivity index (χ0v) is 16.4. The fraction of sp³-hybridized carbons (Fsp3) is 0.750. The van der Waals surface area contributed by atoms with E-state index in [0.29, 0.717) is 17.6 Å². The van der Waals surface area contributed by atoms with Gasteiger partial charge in [-0.2, -0.15) is 0 Å². The highest BCUT2D eigenvalue weighted by molar-refractivity contribution is 5.23. The predicted octanol–water partition coefficient (Wildman–Crippen LogP) is 6.27. The van der Waals surface area contributed by atoms with Crippen molar-refractivity contribution < 1.29 is 4.74 Å². The maximum atomic E-state index is 6.07. The highest BCUT2D eigenvalue weighted by atomic mass is 16.6. The summed E-state index contributed by atoms with van der Waals surface area (Å²) in [5, 5.41) is 0. The molecule has 6 atom stereocenters. The lowest BCUT2D eigenvalue weighted by atomic mass is 9.63. The molecule has 1 heteroatoms. The lowest BCUT2D eigenvalue weighted by Crippen LogP contribution is -2.38. The number of hydrogen-bond acceptors (Lipinski definition) is 1. The second-order valence-electron chi connectivity index (χ2n) is 9.72.